The molecular weight excluding hydrogens is 278 g/mol. The van der Waals surface area contributed by atoms with E-state index in [1.807, 2.05) is 0 Å². The third-order valence-electron chi connectivity index (χ3n) is 3.35. The molecule has 0 spiro atoms. The van der Waals surface area contributed by atoms with Gasteiger partial charge >= 0.3 is 5.97 Å². The van der Waals surface area contributed by atoms with Crippen LogP contribution in [-0.2, 0) is 17.6 Å². The average Bonchev–Trinajstić information content (AvgIpc) is 3.10. The van der Waals surface area contributed by atoms with E-state index < -0.39 is 11.9 Å². The van der Waals surface area contributed by atoms with Crippen LogP contribution in [0.2, 0.25) is 0 Å². The highest BCUT2D eigenvalue weighted by molar-refractivity contribution is 7.15. The Morgan fingerprint density at radius 3 is 3.25 bits per heavy atom. The molecule has 0 radical (unpaired) electrons. The largest absolute Gasteiger partial charge is 0.481 e. The molecule has 0 saturated carbocycles. The summed E-state index contributed by atoms with van der Waals surface area (Å²) in [7, 11) is 0. The quantitative estimate of drug-likeness (QED) is 0.696. The fourth-order valence-corrected chi connectivity index (χ4v) is 3.41. The van der Waals surface area contributed by atoms with Crippen LogP contribution in [0.1, 0.15) is 35.2 Å². The number of aliphatic carboxylic acids is 1. The zero-order valence-corrected chi connectivity index (χ0v) is 11.6. The molecule has 3 N–H and O–H groups in total. The van der Waals surface area contributed by atoms with Gasteiger partial charge in [-0.05, 0) is 19.3 Å². The molecule has 0 saturated heterocycles. The summed E-state index contributed by atoms with van der Waals surface area (Å²) in [5, 5.41) is 19.8. The zero-order chi connectivity index (χ0) is 13.9. The monoisotopic (exact) mass is 293 g/mol. The molecule has 2 heterocycles. The van der Waals surface area contributed by atoms with Crippen LogP contribution in [0.15, 0.2) is 6.33 Å². The van der Waals surface area contributed by atoms with Gasteiger partial charge in [0.2, 0.25) is 0 Å². The van der Waals surface area contributed by atoms with Crippen LogP contribution >= 0.6 is 11.3 Å². The van der Waals surface area contributed by atoms with Gasteiger partial charge in [0, 0.05) is 17.8 Å². The maximum Gasteiger partial charge on any atom is 0.312 e. The Bertz CT molecular complexity index is 595. The number of anilines is 1. The Hall–Kier alpha value is -1.96. The van der Waals surface area contributed by atoms with E-state index in [1.54, 1.807) is 11.3 Å². The SMILES string of the molecule is O=C(O)C1CCc2sc(NCCCc3ncn[nH]3)nc21. The first-order chi connectivity index (χ1) is 9.74. The zero-order valence-electron chi connectivity index (χ0n) is 10.8. The van der Waals surface area contributed by atoms with Gasteiger partial charge in [0.1, 0.15) is 18.1 Å². The molecule has 2 aromatic heterocycles. The fraction of sp³-hybridized carbons (Fsp3) is 0.500. The van der Waals surface area contributed by atoms with Gasteiger partial charge < -0.3 is 10.4 Å². The number of H-pyrrole nitrogens is 1. The number of aryl methyl sites for hydroxylation is 2. The maximum absolute atomic E-state index is 11.1. The topological polar surface area (TPSA) is 104 Å². The van der Waals surface area contributed by atoms with Gasteiger partial charge in [-0.3, -0.25) is 9.89 Å². The summed E-state index contributed by atoms with van der Waals surface area (Å²) in [6.45, 7) is 0.783. The van der Waals surface area contributed by atoms with Crippen molar-refractivity contribution in [2.24, 2.45) is 0 Å². The maximum atomic E-state index is 11.1. The van der Waals surface area contributed by atoms with Crippen molar-refractivity contribution in [2.75, 3.05) is 11.9 Å². The lowest BCUT2D eigenvalue weighted by atomic mass is 10.1. The predicted octanol–water partition coefficient (Wildman–Crippen LogP) is 1.42. The Morgan fingerprint density at radius 2 is 2.50 bits per heavy atom. The first-order valence-corrected chi connectivity index (χ1v) is 7.36. The molecule has 20 heavy (non-hydrogen) atoms. The predicted molar refractivity (Wildman–Crippen MR) is 74.0 cm³/mol. The van der Waals surface area contributed by atoms with Crippen LogP contribution in [0.4, 0.5) is 5.13 Å². The fourth-order valence-electron chi connectivity index (χ4n) is 2.35. The molecule has 1 unspecified atom stereocenters. The lowest BCUT2D eigenvalue weighted by Gasteiger charge is -2.03. The highest BCUT2D eigenvalue weighted by Gasteiger charge is 2.32. The number of nitrogens with one attached hydrogen (secondary N) is 2. The van der Waals surface area contributed by atoms with Crippen LogP contribution in [0.5, 0.6) is 0 Å². The van der Waals surface area contributed by atoms with E-state index in [9.17, 15) is 4.79 Å². The number of carboxylic acids is 1. The molecule has 8 heteroatoms. The molecule has 1 aliphatic rings. The van der Waals surface area contributed by atoms with Crippen molar-refractivity contribution in [1.29, 1.82) is 0 Å². The van der Waals surface area contributed by atoms with E-state index in [0.29, 0.717) is 6.42 Å². The van der Waals surface area contributed by atoms with Gasteiger partial charge in [-0.15, -0.1) is 11.3 Å². The van der Waals surface area contributed by atoms with Crippen LogP contribution in [0.3, 0.4) is 0 Å². The number of carboxylic acid groups (broad SMARTS) is 1. The Balaban J connectivity index is 1.52. The second-order valence-corrected chi connectivity index (χ2v) is 5.80. The van der Waals surface area contributed by atoms with Crippen molar-refractivity contribution >= 4 is 22.4 Å². The first-order valence-electron chi connectivity index (χ1n) is 6.54. The van der Waals surface area contributed by atoms with E-state index in [2.05, 4.69) is 25.5 Å². The minimum Gasteiger partial charge on any atom is -0.481 e. The lowest BCUT2D eigenvalue weighted by Crippen LogP contribution is -2.09. The number of nitrogens with zero attached hydrogens (tertiary/aromatic N) is 3. The molecule has 0 bridgehead atoms. The number of hydrogen-bond donors (Lipinski definition) is 3. The second-order valence-electron chi connectivity index (χ2n) is 4.72. The summed E-state index contributed by atoms with van der Waals surface area (Å²) in [4.78, 5) is 20.7. The third kappa shape index (κ3) is 2.64. The third-order valence-corrected chi connectivity index (χ3v) is 4.44. The van der Waals surface area contributed by atoms with E-state index in [0.717, 1.165) is 47.3 Å². The van der Waals surface area contributed by atoms with Gasteiger partial charge in [0.15, 0.2) is 5.13 Å². The minimum atomic E-state index is -0.772. The molecule has 0 amide bonds. The number of carbonyl (C=O) groups is 1. The number of thiazole rings is 1. The molecular formula is C12H15N5O2S. The van der Waals surface area contributed by atoms with Crippen LogP contribution < -0.4 is 5.32 Å². The smallest absolute Gasteiger partial charge is 0.312 e. The standard InChI is InChI=1S/C12H15N5O2S/c18-11(19)7-3-4-8-10(7)16-12(20-8)13-5-1-2-9-14-6-15-17-9/h6-7H,1-5H2,(H,13,16)(H,18,19)(H,14,15,17). The summed E-state index contributed by atoms with van der Waals surface area (Å²) in [6, 6.07) is 0. The number of aromatic amines is 1. The average molecular weight is 293 g/mol. The molecule has 7 nitrogen and oxygen atoms in total. The molecule has 2 aromatic rings. The van der Waals surface area contributed by atoms with Gasteiger partial charge in [-0.1, -0.05) is 0 Å². The molecule has 0 aromatic carbocycles. The van der Waals surface area contributed by atoms with Gasteiger partial charge in [-0.2, -0.15) is 5.10 Å². The summed E-state index contributed by atoms with van der Waals surface area (Å²) in [5.41, 5.74) is 0.750. The number of fused-ring (bicyclic) bond motifs is 1. The molecule has 1 atom stereocenters. The van der Waals surface area contributed by atoms with Gasteiger partial charge in [0.05, 0.1) is 5.69 Å². The van der Waals surface area contributed by atoms with Crippen LogP contribution in [-0.4, -0.2) is 37.8 Å². The number of hydrogen-bond acceptors (Lipinski definition) is 6. The van der Waals surface area contributed by atoms with E-state index in [1.165, 1.54) is 6.33 Å². The number of rotatable bonds is 6. The Labute approximate surface area is 119 Å². The molecule has 0 fully saturated rings. The van der Waals surface area contributed by atoms with E-state index in [-0.39, 0.29) is 0 Å². The van der Waals surface area contributed by atoms with Gasteiger partial charge in [-0.25, -0.2) is 9.97 Å². The first kappa shape index (κ1) is 13.0. The van der Waals surface area contributed by atoms with Crippen LogP contribution in [0, 0.1) is 0 Å². The van der Waals surface area contributed by atoms with Crippen molar-refractivity contribution in [3.63, 3.8) is 0 Å². The van der Waals surface area contributed by atoms with E-state index >= 15 is 0 Å². The summed E-state index contributed by atoms with van der Waals surface area (Å²) in [6.07, 6.45) is 4.75. The summed E-state index contributed by atoms with van der Waals surface area (Å²) in [5.74, 6) is -0.323. The van der Waals surface area contributed by atoms with Crippen molar-refractivity contribution < 1.29 is 9.90 Å². The van der Waals surface area contributed by atoms with E-state index in [4.69, 9.17) is 5.11 Å². The lowest BCUT2D eigenvalue weighted by molar-refractivity contribution is -0.138. The van der Waals surface area contributed by atoms with Crippen LogP contribution in [0.25, 0.3) is 0 Å². The molecule has 106 valence electrons. The Kier molecular flexibility index (Phi) is 3.64. The Morgan fingerprint density at radius 1 is 1.60 bits per heavy atom. The molecule has 1 aliphatic carbocycles. The molecule has 3 rings (SSSR count). The van der Waals surface area contributed by atoms with Crippen molar-refractivity contribution in [3.8, 4) is 0 Å². The van der Waals surface area contributed by atoms with Crippen molar-refractivity contribution in [2.45, 2.75) is 31.6 Å². The highest BCUT2D eigenvalue weighted by atomic mass is 32.1. The number of aromatic nitrogens is 4. The highest BCUT2D eigenvalue weighted by Crippen LogP contribution is 2.38. The normalized spacial score (nSPS) is 17.1. The molecule has 0 aliphatic heterocycles. The van der Waals surface area contributed by atoms with Gasteiger partial charge in [0.25, 0.3) is 0 Å². The minimum absolute atomic E-state index is 0.425. The van der Waals surface area contributed by atoms with Crippen molar-refractivity contribution in [3.05, 3.63) is 22.7 Å². The second kappa shape index (κ2) is 5.58. The van der Waals surface area contributed by atoms with Crippen molar-refractivity contribution in [1.82, 2.24) is 20.2 Å². The summed E-state index contributed by atoms with van der Waals surface area (Å²) >= 11 is 1.57. The summed E-state index contributed by atoms with van der Waals surface area (Å²) < 4.78 is 0.